The Kier molecular flexibility index (Phi) is 8.65. The molecule has 34 heavy (non-hydrogen) atoms. The number of hydrogen-bond donors (Lipinski definition) is 3. The number of carbonyl (C=O) groups excluding carboxylic acids is 1. The van der Waals surface area contributed by atoms with Crippen molar-refractivity contribution < 1.29 is 30.8 Å². The number of benzene rings is 1. The van der Waals surface area contributed by atoms with Crippen LogP contribution in [0.15, 0.2) is 30.8 Å². The second-order valence-corrected chi connectivity index (χ2v) is 9.42. The first-order valence-electron chi connectivity index (χ1n) is 10.3. The van der Waals surface area contributed by atoms with Gasteiger partial charge in [-0.1, -0.05) is 26.0 Å². The van der Waals surface area contributed by atoms with Crippen molar-refractivity contribution in [2.75, 3.05) is 22.8 Å². The van der Waals surface area contributed by atoms with Crippen LogP contribution in [-0.4, -0.2) is 32.1 Å². The van der Waals surface area contributed by atoms with E-state index < -0.39 is 33.6 Å². The molecule has 0 saturated heterocycles. The summed E-state index contributed by atoms with van der Waals surface area (Å²) in [5.41, 5.74) is -0.646. The number of aryl methyl sites for hydroxylation is 1. The Morgan fingerprint density at radius 1 is 1.21 bits per heavy atom. The molecule has 0 atom stereocenters. The molecule has 0 aliphatic rings. The third-order valence-corrected chi connectivity index (χ3v) is 5.27. The molecule has 0 fully saturated rings. The molecule has 0 aliphatic heterocycles. The number of halogens is 4. The normalized spacial score (nSPS) is 11.7. The highest BCUT2D eigenvalue weighted by atomic mass is 32.2. The van der Waals surface area contributed by atoms with Crippen LogP contribution in [0, 0.1) is 12.7 Å². The Labute approximate surface area is 195 Å². The molecule has 1 amide bonds. The lowest BCUT2D eigenvalue weighted by atomic mass is 10.1. The van der Waals surface area contributed by atoms with E-state index in [4.69, 9.17) is 0 Å². The van der Waals surface area contributed by atoms with Crippen LogP contribution >= 0.6 is 0 Å². The van der Waals surface area contributed by atoms with Gasteiger partial charge in [0.05, 0.1) is 11.9 Å². The van der Waals surface area contributed by atoms with Gasteiger partial charge in [-0.15, -0.1) is 0 Å². The summed E-state index contributed by atoms with van der Waals surface area (Å²) in [7, 11) is -3.68. The number of unbranched alkanes of at least 4 members (excludes halogenated alkanes) is 1. The van der Waals surface area contributed by atoms with Crippen LogP contribution in [0.1, 0.15) is 42.1 Å². The quantitative estimate of drug-likeness (QED) is 0.253. The number of nitrogens with zero attached hydrogens (tertiary/aromatic N) is 1. The molecule has 0 bridgehead atoms. The summed E-state index contributed by atoms with van der Waals surface area (Å²) < 4.78 is 78.5. The van der Waals surface area contributed by atoms with Crippen LogP contribution in [0.25, 0.3) is 5.57 Å². The number of rotatable bonds is 10. The Balaban J connectivity index is 2.20. The van der Waals surface area contributed by atoms with Crippen molar-refractivity contribution in [2.45, 2.75) is 39.4 Å². The van der Waals surface area contributed by atoms with Crippen molar-refractivity contribution in [3.8, 4) is 0 Å². The molecule has 7 nitrogen and oxygen atoms in total. The van der Waals surface area contributed by atoms with E-state index in [0.717, 1.165) is 30.9 Å². The Morgan fingerprint density at radius 2 is 1.88 bits per heavy atom. The fourth-order valence-electron chi connectivity index (χ4n) is 3.02. The zero-order chi connectivity index (χ0) is 25.7. The topological polar surface area (TPSA) is 100 Å². The molecule has 0 aliphatic carbocycles. The van der Waals surface area contributed by atoms with Gasteiger partial charge in [0.25, 0.3) is 5.91 Å². The number of hydrogen-bond acceptors (Lipinski definition) is 5. The van der Waals surface area contributed by atoms with Crippen LogP contribution in [-0.2, 0) is 27.5 Å². The van der Waals surface area contributed by atoms with E-state index in [1.54, 1.807) is 0 Å². The van der Waals surface area contributed by atoms with E-state index in [1.807, 2.05) is 6.92 Å². The molecule has 186 valence electrons. The summed E-state index contributed by atoms with van der Waals surface area (Å²) >= 11 is 0. The third kappa shape index (κ3) is 7.44. The first kappa shape index (κ1) is 27.1. The van der Waals surface area contributed by atoms with Crippen molar-refractivity contribution in [1.29, 1.82) is 0 Å². The smallest absolute Gasteiger partial charge is 0.370 e. The Hall–Kier alpha value is -3.15. The van der Waals surface area contributed by atoms with Gasteiger partial charge in [-0.3, -0.25) is 9.52 Å². The lowest BCUT2D eigenvalue weighted by Crippen LogP contribution is -2.24. The Bertz CT molecular complexity index is 1160. The second kappa shape index (κ2) is 10.9. The highest BCUT2D eigenvalue weighted by Crippen LogP contribution is 2.31. The molecule has 0 saturated carbocycles. The number of anilines is 2. The van der Waals surface area contributed by atoms with Gasteiger partial charge in [0, 0.05) is 24.2 Å². The maximum atomic E-state index is 14.4. The maximum Gasteiger partial charge on any atom is 0.433 e. The SMILES string of the molecule is C=C(C(=O)NCc1cc(C)c(NS(C)(=O)=O)c(F)c1)c1ccc(C(F)(F)F)nc1NCCCC. The number of sulfonamides is 1. The molecule has 1 aromatic heterocycles. The predicted molar refractivity (Wildman–Crippen MR) is 123 cm³/mol. The lowest BCUT2D eigenvalue weighted by molar-refractivity contribution is -0.141. The standard InChI is InChI=1S/C22H26F4N4O3S/c1-5-6-9-27-20-16(7-8-18(29-20)22(24,25)26)14(3)21(31)28-12-15-10-13(2)19(17(23)11-15)30-34(4,32)33/h7-8,10-11,30H,3,5-6,9,12H2,1-2,4H3,(H,27,29)(H,28,31). The molecule has 0 unspecified atom stereocenters. The summed E-state index contributed by atoms with van der Waals surface area (Å²) in [6.45, 7) is 7.34. The zero-order valence-electron chi connectivity index (χ0n) is 18.9. The van der Waals surface area contributed by atoms with Gasteiger partial charge >= 0.3 is 6.18 Å². The molecular weight excluding hydrogens is 476 g/mol. The number of aromatic nitrogens is 1. The van der Waals surface area contributed by atoms with E-state index in [-0.39, 0.29) is 29.2 Å². The van der Waals surface area contributed by atoms with Gasteiger partial charge in [0.1, 0.15) is 17.3 Å². The van der Waals surface area contributed by atoms with Crippen LogP contribution in [0.5, 0.6) is 0 Å². The summed E-state index contributed by atoms with van der Waals surface area (Å²) in [5.74, 6) is -1.61. The minimum absolute atomic E-state index is 0.108. The van der Waals surface area contributed by atoms with Crippen LogP contribution < -0.4 is 15.4 Å². The molecule has 3 N–H and O–H groups in total. The molecule has 0 spiro atoms. The fourth-order valence-corrected chi connectivity index (χ4v) is 3.65. The van der Waals surface area contributed by atoms with Crippen molar-refractivity contribution >= 4 is 33.0 Å². The largest absolute Gasteiger partial charge is 0.433 e. The van der Waals surface area contributed by atoms with Crippen molar-refractivity contribution in [3.63, 3.8) is 0 Å². The fraction of sp³-hybridized carbons (Fsp3) is 0.364. The van der Waals surface area contributed by atoms with E-state index in [9.17, 15) is 30.8 Å². The van der Waals surface area contributed by atoms with Gasteiger partial charge in [0.2, 0.25) is 10.0 Å². The molecule has 1 heterocycles. The van der Waals surface area contributed by atoms with Crippen LogP contribution in [0.4, 0.5) is 29.1 Å². The second-order valence-electron chi connectivity index (χ2n) is 7.68. The van der Waals surface area contributed by atoms with Gasteiger partial charge < -0.3 is 10.6 Å². The minimum atomic E-state index is -4.65. The third-order valence-electron chi connectivity index (χ3n) is 4.70. The first-order chi connectivity index (χ1) is 15.7. The number of alkyl halides is 3. The summed E-state index contributed by atoms with van der Waals surface area (Å²) in [4.78, 5) is 16.2. The maximum absolute atomic E-state index is 14.4. The molecule has 2 aromatic rings. The van der Waals surface area contributed by atoms with E-state index >= 15 is 0 Å². The van der Waals surface area contributed by atoms with Gasteiger partial charge in [0.15, 0.2) is 0 Å². The first-order valence-corrected chi connectivity index (χ1v) is 12.2. The van der Waals surface area contributed by atoms with Crippen molar-refractivity contribution in [3.05, 3.63) is 59.0 Å². The number of carbonyl (C=O) groups is 1. The molecule has 2 rings (SSSR count). The van der Waals surface area contributed by atoms with Crippen molar-refractivity contribution in [1.82, 2.24) is 10.3 Å². The van der Waals surface area contributed by atoms with Gasteiger partial charge in [-0.2, -0.15) is 13.2 Å². The van der Waals surface area contributed by atoms with Crippen LogP contribution in [0.2, 0.25) is 0 Å². The van der Waals surface area contributed by atoms with Crippen molar-refractivity contribution in [2.24, 2.45) is 0 Å². The zero-order valence-corrected chi connectivity index (χ0v) is 19.8. The van der Waals surface area contributed by atoms with Gasteiger partial charge in [-0.05, 0) is 42.7 Å². The highest BCUT2D eigenvalue weighted by molar-refractivity contribution is 7.92. The van der Waals surface area contributed by atoms with Crippen LogP contribution in [0.3, 0.4) is 0 Å². The van der Waals surface area contributed by atoms with Gasteiger partial charge in [-0.25, -0.2) is 17.8 Å². The average Bonchev–Trinajstić information content (AvgIpc) is 2.73. The molecule has 12 heteroatoms. The summed E-state index contributed by atoms with van der Waals surface area (Å²) in [6.07, 6.45) is -2.27. The Morgan fingerprint density at radius 3 is 2.44 bits per heavy atom. The predicted octanol–water partition coefficient (Wildman–Crippen LogP) is 4.46. The molecule has 0 radical (unpaired) electrons. The number of nitrogens with one attached hydrogen (secondary N) is 3. The summed E-state index contributed by atoms with van der Waals surface area (Å²) in [6, 6.07) is 4.46. The van der Waals surface area contributed by atoms with E-state index in [1.165, 1.54) is 13.0 Å². The molecule has 1 aromatic carbocycles. The number of amides is 1. The average molecular weight is 503 g/mol. The summed E-state index contributed by atoms with van der Waals surface area (Å²) in [5, 5.41) is 5.36. The lowest BCUT2D eigenvalue weighted by Gasteiger charge is -2.16. The monoisotopic (exact) mass is 502 g/mol. The minimum Gasteiger partial charge on any atom is -0.370 e. The van der Waals surface area contributed by atoms with E-state index in [2.05, 4.69) is 26.9 Å². The molecular formula is C22H26F4N4O3S. The highest BCUT2D eigenvalue weighted by Gasteiger charge is 2.33. The number of pyridine rings is 1. The van der Waals surface area contributed by atoms with E-state index in [0.29, 0.717) is 24.1 Å².